The van der Waals surface area contributed by atoms with Gasteiger partial charge in [0.05, 0.1) is 17.8 Å². The zero-order chi connectivity index (χ0) is 29.2. The van der Waals surface area contributed by atoms with Crippen LogP contribution >= 0.6 is 0 Å². The van der Waals surface area contributed by atoms with Crippen LogP contribution in [0.15, 0.2) is 47.5 Å². The summed E-state index contributed by atoms with van der Waals surface area (Å²) in [5.74, 6) is -0.504. The number of nitrogens with zero attached hydrogens (tertiary/aromatic N) is 4. The molecule has 212 valence electrons. The zero-order valence-corrected chi connectivity index (χ0v) is 21.7. The van der Waals surface area contributed by atoms with Crippen molar-refractivity contribution in [2.24, 2.45) is 11.5 Å². The van der Waals surface area contributed by atoms with Crippen LogP contribution in [0.2, 0.25) is 0 Å². The summed E-state index contributed by atoms with van der Waals surface area (Å²) in [6.07, 6.45) is -1.78. The molecule has 1 aliphatic heterocycles. The summed E-state index contributed by atoms with van der Waals surface area (Å²) in [5, 5.41) is 3.02. The smallest absolute Gasteiger partial charge is 0.416 e. The average molecular weight is 560 g/mol. The molecule has 5 N–H and O–H groups in total. The number of carbonyl (C=O) groups excluding carboxylic acids is 2. The second kappa shape index (κ2) is 11.2. The van der Waals surface area contributed by atoms with E-state index in [9.17, 15) is 27.6 Å². The summed E-state index contributed by atoms with van der Waals surface area (Å²) < 4.78 is 45.7. The predicted molar refractivity (Wildman–Crippen MR) is 141 cm³/mol. The number of rotatable bonds is 7. The van der Waals surface area contributed by atoms with Crippen molar-refractivity contribution in [1.82, 2.24) is 14.5 Å². The van der Waals surface area contributed by atoms with Crippen molar-refractivity contribution in [1.29, 1.82) is 0 Å². The van der Waals surface area contributed by atoms with E-state index in [1.165, 1.54) is 35.2 Å². The maximum atomic E-state index is 13.2. The third kappa shape index (κ3) is 6.33. The number of amides is 2. The third-order valence-corrected chi connectivity index (χ3v) is 6.37. The number of ether oxygens (including phenoxy) is 1. The number of alkyl halides is 3. The Labute approximate surface area is 227 Å². The van der Waals surface area contributed by atoms with Gasteiger partial charge in [0.2, 0.25) is 5.95 Å². The van der Waals surface area contributed by atoms with Crippen molar-refractivity contribution in [2.45, 2.75) is 45.0 Å². The van der Waals surface area contributed by atoms with Crippen molar-refractivity contribution in [3.63, 3.8) is 0 Å². The first-order chi connectivity index (χ1) is 18.8. The van der Waals surface area contributed by atoms with Gasteiger partial charge in [-0.1, -0.05) is 12.1 Å². The van der Waals surface area contributed by atoms with Gasteiger partial charge in [-0.2, -0.15) is 18.2 Å². The highest BCUT2D eigenvalue weighted by molar-refractivity contribution is 5.98. The summed E-state index contributed by atoms with van der Waals surface area (Å²) in [5.41, 5.74) is 10.2. The van der Waals surface area contributed by atoms with Crippen LogP contribution < -0.4 is 27.2 Å². The summed E-state index contributed by atoms with van der Waals surface area (Å²) in [4.78, 5) is 47.1. The normalized spacial score (nSPS) is 15.7. The largest absolute Gasteiger partial charge is 0.445 e. The lowest BCUT2D eigenvalue weighted by molar-refractivity contribution is -0.137. The molecule has 3 heterocycles. The molecule has 2 amide bonds. The van der Waals surface area contributed by atoms with Crippen LogP contribution in [0, 0.1) is 0 Å². The highest BCUT2D eigenvalue weighted by atomic mass is 19.4. The highest BCUT2D eigenvalue weighted by Crippen LogP contribution is 2.31. The summed E-state index contributed by atoms with van der Waals surface area (Å²) >= 11 is 0. The molecule has 1 unspecified atom stereocenters. The van der Waals surface area contributed by atoms with E-state index in [0.29, 0.717) is 25.1 Å². The summed E-state index contributed by atoms with van der Waals surface area (Å²) in [6.45, 7) is 4.40. The molecule has 0 aliphatic carbocycles. The first-order valence-electron chi connectivity index (χ1n) is 12.4. The number of aromatic nitrogens is 3. The Bertz CT molecular complexity index is 1470. The molecular weight excluding hydrogens is 531 g/mol. The van der Waals surface area contributed by atoms with Crippen molar-refractivity contribution in [3.8, 4) is 11.1 Å². The van der Waals surface area contributed by atoms with E-state index >= 15 is 0 Å². The molecule has 0 bridgehead atoms. The molecule has 14 heteroatoms. The molecule has 2 aromatic heterocycles. The number of piperidine rings is 1. The Balaban J connectivity index is 1.73. The Morgan fingerprint density at radius 2 is 1.88 bits per heavy atom. The lowest BCUT2D eigenvalue weighted by atomic mass is 10.0. The zero-order valence-electron chi connectivity index (χ0n) is 21.7. The maximum Gasteiger partial charge on any atom is 0.416 e. The molecule has 3 aromatic rings. The van der Waals surface area contributed by atoms with Gasteiger partial charge in [-0.25, -0.2) is 9.78 Å². The van der Waals surface area contributed by atoms with Gasteiger partial charge in [-0.05, 0) is 50.5 Å². The molecule has 1 fully saturated rings. The van der Waals surface area contributed by atoms with Crippen molar-refractivity contribution >= 4 is 29.5 Å². The Hall–Kier alpha value is -4.62. The number of hydrogen-bond donors (Lipinski definition) is 3. The van der Waals surface area contributed by atoms with Crippen molar-refractivity contribution < 1.29 is 27.5 Å². The first kappa shape index (κ1) is 28.4. The topological polar surface area (TPSA) is 158 Å². The van der Waals surface area contributed by atoms with E-state index < -0.39 is 35.4 Å². The van der Waals surface area contributed by atoms with Gasteiger partial charge in [0.15, 0.2) is 0 Å². The number of anilines is 3. The maximum absolute atomic E-state index is 13.2. The molecule has 1 saturated heterocycles. The number of hydrogen-bond acceptors (Lipinski definition) is 8. The van der Waals surface area contributed by atoms with Crippen LogP contribution in [0.4, 0.5) is 35.4 Å². The van der Waals surface area contributed by atoms with Gasteiger partial charge in [0.25, 0.3) is 11.5 Å². The highest BCUT2D eigenvalue weighted by Gasteiger charge is 2.30. The molecule has 0 spiro atoms. The van der Waals surface area contributed by atoms with Crippen LogP contribution in [-0.2, 0) is 10.9 Å². The monoisotopic (exact) mass is 559 g/mol. The fourth-order valence-electron chi connectivity index (χ4n) is 4.42. The number of benzene rings is 1. The molecule has 1 aliphatic rings. The van der Waals surface area contributed by atoms with E-state index in [1.54, 1.807) is 18.7 Å². The van der Waals surface area contributed by atoms with Crippen LogP contribution in [-0.4, -0.2) is 45.7 Å². The predicted octanol–water partition coefficient (Wildman–Crippen LogP) is 3.81. The quantitative estimate of drug-likeness (QED) is 0.394. The molecule has 0 radical (unpaired) electrons. The summed E-state index contributed by atoms with van der Waals surface area (Å²) in [7, 11) is 0. The molecule has 1 aromatic carbocycles. The second-order valence-corrected chi connectivity index (χ2v) is 9.59. The Kier molecular flexibility index (Phi) is 7.98. The minimum Gasteiger partial charge on any atom is -0.445 e. The van der Waals surface area contributed by atoms with E-state index in [4.69, 9.17) is 16.2 Å². The van der Waals surface area contributed by atoms with Crippen LogP contribution in [0.1, 0.15) is 48.7 Å². The van der Waals surface area contributed by atoms with E-state index in [-0.39, 0.29) is 41.0 Å². The van der Waals surface area contributed by atoms with Crippen LogP contribution in [0.25, 0.3) is 11.1 Å². The van der Waals surface area contributed by atoms with E-state index in [1.807, 2.05) is 0 Å². The fraction of sp³-hybridized carbons (Fsp3) is 0.346. The number of nitrogens with one attached hydrogen (secondary N) is 1. The minimum atomic E-state index is -4.52. The number of carbonyl (C=O) groups is 2. The van der Waals surface area contributed by atoms with Crippen molar-refractivity contribution in [2.75, 3.05) is 23.3 Å². The number of pyridine rings is 1. The van der Waals surface area contributed by atoms with Crippen molar-refractivity contribution in [3.05, 3.63) is 64.2 Å². The fourth-order valence-corrected chi connectivity index (χ4v) is 4.42. The lowest BCUT2D eigenvalue weighted by Gasteiger charge is -2.32. The van der Waals surface area contributed by atoms with E-state index in [2.05, 4.69) is 15.3 Å². The molecule has 4 rings (SSSR count). The standard InChI is InChI=1S/C26H28F3N7O4/c1-14(2)36-12-17(10-19(23(36)38)15-5-7-16(8-6-15)26(27,28)29)33-22-20(21(30)37)11-32-25(34-22)35-9-3-4-18(13-35)40-24(31)39/h5-8,10-12,14,18H,3-4,9,13H2,1-2H3,(H2,30,37)(H2,31,39)(H,32,33,34). The Morgan fingerprint density at radius 3 is 2.48 bits per heavy atom. The van der Waals surface area contributed by atoms with E-state index in [0.717, 1.165) is 12.1 Å². The van der Waals surface area contributed by atoms with Gasteiger partial charge >= 0.3 is 12.3 Å². The minimum absolute atomic E-state index is 0.0240. The van der Waals surface area contributed by atoms with Gasteiger partial charge < -0.3 is 31.0 Å². The molecule has 1 atom stereocenters. The molecular formula is C26H28F3N7O4. The number of halogens is 3. The third-order valence-electron chi connectivity index (χ3n) is 6.37. The lowest BCUT2D eigenvalue weighted by Crippen LogP contribution is -2.42. The summed E-state index contributed by atoms with van der Waals surface area (Å²) in [6, 6.07) is 5.44. The second-order valence-electron chi connectivity index (χ2n) is 9.59. The van der Waals surface area contributed by atoms with Gasteiger partial charge in [-0.3, -0.25) is 9.59 Å². The molecule has 11 nitrogen and oxygen atoms in total. The molecule has 0 saturated carbocycles. The Morgan fingerprint density at radius 1 is 1.18 bits per heavy atom. The van der Waals surface area contributed by atoms with Gasteiger partial charge in [-0.15, -0.1) is 0 Å². The first-order valence-corrected chi connectivity index (χ1v) is 12.4. The average Bonchev–Trinajstić information content (AvgIpc) is 2.88. The number of nitrogens with two attached hydrogens (primary N) is 2. The SMILES string of the molecule is CC(C)n1cc(Nc2nc(N3CCCC(OC(N)=O)C3)ncc2C(N)=O)cc(-c2ccc(C(F)(F)F)cc2)c1=O. The van der Waals surface area contributed by atoms with Gasteiger partial charge in [0, 0.05) is 30.5 Å². The number of primary amides is 2. The van der Waals surface area contributed by atoms with Gasteiger partial charge in [0.1, 0.15) is 17.5 Å². The van der Waals surface area contributed by atoms with Crippen LogP contribution in [0.5, 0.6) is 0 Å². The molecule has 40 heavy (non-hydrogen) atoms. The van der Waals surface area contributed by atoms with Crippen LogP contribution in [0.3, 0.4) is 0 Å².